The van der Waals surface area contributed by atoms with E-state index in [1.807, 2.05) is 4.90 Å². The molecule has 1 saturated heterocycles. The molecule has 1 heterocycles. The van der Waals surface area contributed by atoms with Gasteiger partial charge < -0.3 is 10.2 Å². The van der Waals surface area contributed by atoms with Crippen LogP contribution in [0.2, 0.25) is 0 Å². The largest absolute Gasteiger partial charge is 0.340 e. The molecule has 1 aliphatic heterocycles. The zero-order valence-corrected chi connectivity index (χ0v) is 11.0. The van der Waals surface area contributed by atoms with E-state index in [1.54, 1.807) is 0 Å². The van der Waals surface area contributed by atoms with Crippen LogP contribution in [0.15, 0.2) is 0 Å². The molecule has 0 bridgehead atoms. The molecular weight excluding hydrogens is 200 g/mol. The Morgan fingerprint density at radius 3 is 2.81 bits per heavy atom. The van der Waals surface area contributed by atoms with E-state index in [0.717, 1.165) is 32.5 Å². The lowest BCUT2D eigenvalue weighted by Crippen LogP contribution is -2.52. The van der Waals surface area contributed by atoms with Crippen molar-refractivity contribution in [1.82, 2.24) is 10.2 Å². The maximum absolute atomic E-state index is 12.3. The Bertz CT molecular complexity index is 218. The van der Waals surface area contributed by atoms with Crippen molar-refractivity contribution >= 4 is 5.91 Å². The van der Waals surface area contributed by atoms with Gasteiger partial charge in [0.25, 0.3) is 0 Å². The average Bonchev–Trinajstić information content (AvgIpc) is 2.29. The minimum Gasteiger partial charge on any atom is -0.340 e. The van der Waals surface area contributed by atoms with E-state index in [4.69, 9.17) is 0 Å². The number of hydrogen-bond acceptors (Lipinski definition) is 2. The highest BCUT2D eigenvalue weighted by Crippen LogP contribution is 2.16. The second-order valence-electron chi connectivity index (χ2n) is 4.89. The summed E-state index contributed by atoms with van der Waals surface area (Å²) in [5.41, 5.74) is 0. The Morgan fingerprint density at radius 2 is 2.25 bits per heavy atom. The molecule has 1 aliphatic rings. The van der Waals surface area contributed by atoms with Gasteiger partial charge in [0.15, 0.2) is 0 Å². The molecule has 0 aromatic rings. The van der Waals surface area contributed by atoms with Gasteiger partial charge in [0.05, 0.1) is 0 Å². The summed E-state index contributed by atoms with van der Waals surface area (Å²) in [7, 11) is 0. The van der Waals surface area contributed by atoms with Crippen LogP contribution in [0.25, 0.3) is 0 Å². The van der Waals surface area contributed by atoms with Gasteiger partial charge in [0, 0.05) is 31.6 Å². The van der Waals surface area contributed by atoms with Crippen LogP contribution in [-0.2, 0) is 4.79 Å². The Hall–Kier alpha value is -0.570. The zero-order valence-electron chi connectivity index (χ0n) is 11.0. The molecule has 0 aromatic carbocycles. The Labute approximate surface area is 99.6 Å². The molecule has 94 valence electrons. The molecule has 1 fully saturated rings. The molecule has 0 spiro atoms. The molecule has 3 heteroatoms. The number of carbonyl (C=O) groups is 1. The first-order valence-corrected chi connectivity index (χ1v) is 6.71. The fraction of sp³-hybridized carbons (Fsp3) is 0.923. The third-order valence-electron chi connectivity index (χ3n) is 3.43. The van der Waals surface area contributed by atoms with Crippen LogP contribution in [0.5, 0.6) is 0 Å². The summed E-state index contributed by atoms with van der Waals surface area (Å²) in [5, 5.41) is 3.37. The minimum atomic E-state index is 0.255. The van der Waals surface area contributed by atoms with Crippen molar-refractivity contribution in [2.24, 2.45) is 5.92 Å². The predicted molar refractivity (Wildman–Crippen MR) is 67.4 cm³/mol. The Morgan fingerprint density at radius 1 is 1.50 bits per heavy atom. The third kappa shape index (κ3) is 3.78. The van der Waals surface area contributed by atoms with E-state index in [0.29, 0.717) is 11.9 Å². The highest BCUT2D eigenvalue weighted by Gasteiger charge is 2.25. The van der Waals surface area contributed by atoms with Crippen LogP contribution in [0.3, 0.4) is 0 Å². The molecule has 1 N–H and O–H groups in total. The van der Waals surface area contributed by atoms with Gasteiger partial charge in [-0.1, -0.05) is 26.7 Å². The average molecular weight is 226 g/mol. The van der Waals surface area contributed by atoms with E-state index in [1.165, 1.54) is 12.8 Å². The van der Waals surface area contributed by atoms with Gasteiger partial charge in [0.1, 0.15) is 0 Å². The second-order valence-corrected chi connectivity index (χ2v) is 4.89. The third-order valence-corrected chi connectivity index (χ3v) is 3.43. The van der Waals surface area contributed by atoms with Gasteiger partial charge in [-0.15, -0.1) is 0 Å². The Balaban J connectivity index is 2.46. The summed E-state index contributed by atoms with van der Waals surface area (Å²) in [4.78, 5) is 14.3. The predicted octanol–water partition coefficient (Wildman–Crippen LogP) is 2.02. The molecule has 1 rings (SSSR count). The number of nitrogens with zero attached hydrogens (tertiary/aromatic N) is 1. The minimum absolute atomic E-state index is 0.255. The monoisotopic (exact) mass is 226 g/mol. The summed E-state index contributed by atoms with van der Waals surface area (Å²) in [6.07, 6.45) is 4.40. The second kappa shape index (κ2) is 6.89. The summed E-state index contributed by atoms with van der Waals surface area (Å²) < 4.78 is 0. The van der Waals surface area contributed by atoms with Crippen molar-refractivity contribution in [2.75, 3.05) is 19.6 Å². The summed E-state index contributed by atoms with van der Waals surface area (Å²) in [6, 6.07) is 0.446. The number of carbonyl (C=O) groups excluding carboxylic acids is 1. The summed E-state index contributed by atoms with van der Waals surface area (Å²) >= 11 is 0. The quantitative estimate of drug-likeness (QED) is 0.778. The summed E-state index contributed by atoms with van der Waals surface area (Å²) in [5.74, 6) is 0.634. The lowest BCUT2D eigenvalue weighted by Gasteiger charge is -2.34. The molecular formula is C13H26N2O. The van der Waals surface area contributed by atoms with Gasteiger partial charge >= 0.3 is 0 Å². The van der Waals surface area contributed by atoms with Crippen molar-refractivity contribution in [1.29, 1.82) is 0 Å². The van der Waals surface area contributed by atoms with Crippen molar-refractivity contribution in [3.8, 4) is 0 Å². The topological polar surface area (TPSA) is 32.3 Å². The molecule has 0 aromatic heterocycles. The first kappa shape index (κ1) is 13.5. The maximum atomic E-state index is 12.3. The fourth-order valence-corrected chi connectivity index (χ4v) is 2.34. The first-order chi connectivity index (χ1) is 7.69. The fourth-order valence-electron chi connectivity index (χ4n) is 2.34. The molecule has 0 saturated carbocycles. The lowest BCUT2D eigenvalue weighted by atomic mass is 9.97. The lowest BCUT2D eigenvalue weighted by molar-refractivity contribution is -0.137. The van der Waals surface area contributed by atoms with Gasteiger partial charge in [-0.25, -0.2) is 0 Å². The normalized spacial score (nSPS) is 23.2. The highest BCUT2D eigenvalue weighted by atomic mass is 16.2. The molecule has 2 atom stereocenters. The van der Waals surface area contributed by atoms with Crippen molar-refractivity contribution in [3.63, 3.8) is 0 Å². The van der Waals surface area contributed by atoms with Crippen LogP contribution in [0.1, 0.15) is 46.5 Å². The molecule has 16 heavy (non-hydrogen) atoms. The Kier molecular flexibility index (Phi) is 5.81. The number of hydrogen-bond donors (Lipinski definition) is 1. The number of nitrogens with one attached hydrogen (secondary N) is 1. The van der Waals surface area contributed by atoms with E-state index in [2.05, 4.69) is 26.1 Å². The number of unbranched alkanes of at least 4 members (excludes halogenated alkanes) is 1. The maximum Gasteiger partial charge on any atom is 0.225 e. The SMILES string of the molecule is CCCC[C@@H](CC)C(=O)N1CCN[C@H](C)C1. The van der Waals surface area contributed by atoms with Crippen LogP contribution < -0.4 is 5.32 Å². The number of rotatable bonds is 5. The van der Waals surface area contributed by atoms with E-state index in [9.17, 15) is 4.79 Å². The first-order valence-electron chi connectivity index (χ1n) is 6.71. The van der Waals surface area contributed by atoms with Gasteiger partial charge in [-0.05, 0) is 19.8 Å². The molecule has 0 unspecified atom stereocenters. The van der Waals surface area contributed by atoms with Crippen LogP contribution in [0.4, 0.5) is 0 Å². The standard InChI is InChI=1S/C13H26N2O/c1-4-6-7-12(5-2)13(16)15-9-8-14-11(3)10-15/h11-12,14H,4-10H2,1-3H3/t11-,12-/m1/s1. The van der Waals surface area contributed by atoms with Crippen LogP contribution in [-0.4, -0.2) is 36.5 Å². The smallest absolute Gasteiger partial charge is 0.225 e. The molecule has 0 radical (unpaired) electrons. The number of amides is 1. The van der Waals surface area contributed by atoms with Crippen molar-refractivity contribution in [2.45, 2.75) is 52.5 Å². The molecule has 0 aliphatic carbocycles. The number of piperazine rings is 1. The van der Waals surface area contributed by atoms with Crippen LogP contribution >= 0.6 is 0 Å². The summed E-state index contributed by atoms with van der Waals surface area (Å²) in [6.45, 7) is 9.16. The van der Waals surface area contributed by atoms with Crippen molar-refractivity contribution < 1.29 is 4.79 Å². The van der Waals surface area contributed by atoms with E-state index >= 15 is 0 Å². The van der Waals surface area contributed by atoms with E-state index in [-0.39, 0.29) is 5.92 Å². The van der Waals surface area contributed by atoms with Gasteiger partial charge in [-0.2, -0.15) is 0 Å². The van der Waals surface area contributed by atoms with Gasteiger partial charge in [0.2, 0.25) is 5.91 Å². The molecule has 1 amide bonds. The zero-order chi connectivity index (χ0) is 12.0. The van der Waals surface area contributed by atoms with Gasteiger partial charge in [-0.3, -0.25) is 4.79 Å². The highest BCUT2D eigenvalue weighted by molar-refractivity contribution is 5.79. The van der Waals surface area contributed by atoms with Crippen LogP contribution in [0, 0.1) is 5.92 Å². The molecule has 3 nitrogen and oxygen atoms in total. The van der Waals surface area contributed by atoms with E-state index < -0.39 is 0 Å². The van der Waals surface area contributed by atoms with Crippen molar-refractivity contribution in [3.05, 3.63) is 0 Å².